The summed E-state index contributed by atoms with van der Waals surface area (Å²) in [5.41, 5.74) is 1.56. The van der Waals surface area contributed by atoms with E-state index >= 15 is 0 Å². The minimum absolute atomic E-state index is 0.0274. The van der Waals surface area contributed by atoms with Gasteiger partial charge in [0.25, 0.3) is 0 Å². The lowest BCUT2D eigenvalue weighted by Crippen LogP contribution is -2.32. The summed E-state index contributed by atoms with van der Waals surface area (Å²) >= 11 is 0. The number of rotatable bonds is 2. The molecule has 1 heteroatoms. The Morgan fingerprint density at radius 3 is 2.48 bits per heavy atom. The van der Waals surface area contributed by atoms with Gasteiger partial charge in [0.1, 0.15) is 7.05 Å². The molecule has 0 unspecified atom stereocenters. The van der Waals surface area contributed by atoms with Crippen LogP contribution in [0.5, 0.6) is 0 Å². The van der Waals surface area contributed by atoms with Crippen LogP contribution in [0.15, 0.2) is 30.5 Å². The Morgan fingerprint density at radius 2 is 1.90 bits per heavy atom. The number of hydrogen-bond donors (Lipinski definition) is 0. The lowest BCUT2D eigenvalue weighted by Gasteiger charge is -2.19. The van der Waals surface area contributed by atoms with E-state index < -0.39 is 25.5 Å². The molecule has 0 saturated carbocycles. The number of pyridine rings is 1. The van der Waals surface area contributed by atoms with Crippen LogP contribution in [-0.4, -0.2) is 0 Å². The lowest BCUT2D eigenvalue weighted by molar-refractivity contribution is -0.660. The van der Waals surface area contributed by atoms with Crippen LogP contribution in [-0.2, 0) is 13.4 Å². The second-order valence-corrected chi connectivity index (χ2v) is 6.50. The molecule has 0 bridgehead atoms. The van der Waals surface area contributed by atoms with Gasteiger partial charge >= 0.3 is 0 Å². The average molecular weight is 290 g/mol. The zero-order chi connectivity index (χ0) is 22.6. The van der Waals surface area contributed by atoms with Gasteiger partial charge in [0, 0.05) is 28.2 Å². The lowest BCUT2D eigenvalue weighted by atomic mass is 9.86. The summed E-state index contributed by atoms with van der Waals surface area (Å²) < 4.78 is 65.5. The van der Waals surface area contributed by atoms with Crippen molar-refractivity contribution in [1.29, 1.82) is 0 Å². The predicted octanol–water partition coefficient (Wildman–Crippen LogP) is 4.69. The van der Waals surface area contributed by atoms with Gasteiger partial charge in [-0.2, -0.15) is 0 Å². The Hall–Kier alpha value is -1.63. The predicted molar refractivity (Wildman–Crippen MR) is 90.4 cm³/mol. The Labute approximate surface area is 140 Å². The van der Waals surface area contributed by atoms with Gasteiger partial charge in [-0.05, 0) is 49.6 Å². The molecule has 1 aromatic heterocycles. The summed E-state index contributed by atoms with van der Waals surface area (Å²) in [5, 5.41) is 0. The van der Waals surface area contributed by atoms with E-state index in [0.717, 1.165) is 11.1 Å². The van der Waals surface area contributed by atoms with Crippen molar-refractivity contribution in [3.8, 4) is 11.3 Å². The summed E-state index contributed by atoms with van der Waals surface area (Å²) in [4.78, 5) is 0. The SMILES string of the molecule is [2H]C([2H])([2H])c1ccc(-c2cc(C([2H])([2H])C(C)(C)C)c(C([2H])([2H])[2H])c[n+]2C)c(C)c1. The molecule has 112 valence electrons. The van der Waals surface area contributed by atoms with Crippen molar-refractivity contribution in [2.24, 2.45) is 12.5 Å². The van der Waals surface area contributed by atoms with E-state index in [1.807, 2.05) is 0 Å². The van der Waals surface area contributed by atoms with Gasteiger partial charge < -0.3 is 0 Å². The van der Waals surface area contributed by atoms with Crippen molar-refractivity contribution in [2.45, 2.75) is 47.8 Å². The third-order valence-corrected chi connectivity index (χ3v) is 3.29. The highest BCUT2D eigenvalue weighted by atomic mass is 14.9. The van der Waals surface area contributed by atoms with E-state index in [1.165, 1.54) is 12.3 Å². The largest absolute Gasteiger partial charge is 0.212 e. The van der Waals surface area contributed by atoms with Crippen molar-refractivity contribution in [3.05, 3.63) is 52.7 Å². The molecule has 2 rings (SSSR count). The molecule has 21 heavy (non-hydrogen) atoms. The highest BCUT2D eigenvalue weighted by Crippen LogP contribution is 2.27. The van der Waals surface area contributed by atoms with E-state index in [-0.39, 0.29) is 16.7 Å². The topological polar surface area (TPSA) is 3.88 Å². The Bertz CT molecular complexity index is 918. The van der Waals surface area contributed by atoms with Crippen LogP contribution in [0, 0.1) is 26.0 Å². The molecular weight excluding hydrogens is 254 g/mol. The average Bonchev–Trinajstić information content (AvgIpc) is 2.52. The molecule has 0 fully saturated rings. The highest BCUT2D eigenvalue weighted by molar-refractivity contribution is 5.62. The molecule has 0 radical (unpaired) electrons. The maximum Gasteiger partial charge on any atom is 0.212 e. The Balaban J connectivity index is 2.81. The maximum atomic E-state index is 8.67. The van der Waals surface area contributed by atoms with E-state index in [1.54, 1.807) is 57.5 Å². The smallest absolute Gasteiger partial charge is 0.201 e. The summed E-state index contributed by atoms with van der Waals surface area (Å²) in [7, 11) is 1.71. The molecule has 1 heterocycles. The van der Waals surface area contributed by atoms with Crippen molar-refractivity contribution >= 4 is 0 Å². The van der Waals surface area contributed by atoms with Crippen molar-refractivity contribution < 1.29 is 15.5 Å². The molecule has 0 aliphatic rings. The normalized spacial score (nSPS) is 19.3. The molecule has 0 amide bonds. The Kier molecular flexibility index (Phi) is 2.18. The van der Waals surface area contributed by atoms with Crippen LogP contribution >= 0.6 is 0 Å². The number of nitrogens with zero attached hydrogens (tertiary/aromatic N) is 1. The van der Waals surface area contributed by atoms with Crippen LogP contribution in [0.25, 0.3) is 11.3 Å². The monoisotopic (exact) mass is 290 g/mol. The van der Waals surface area contributed by atoms with Gasteiger partial charge in [-0.1, -0.05) is 38.5 Å². The number of aryl methyl sites for hydroxylation is 4. The zero-order valence-corrected chi connectivity index (χ0v) is 13.3. The van der Waals surface area contributed by atoms with Gasteiger partial charge in [-0.3, -0.25) is 0 Å². The molecule has 1 aromatic carbocycles. The summed E-state index contributed by atoms with van der Waals surface area (Å²) in [6, 6.07) is 6.41. The van der Waals surface area contributed by atoms with Gasteiger partial charge in [0.05, 0.1) is 0 Å². The van der Waals surface area contributed by atoms with E-state index in [0.29, 0.717) is 5.69 Å². The van der Waals surface area contributed by atoms with Crippen molar-refractivity contribution in [1.82, 2.24) is 0 Å². The fraction of sp³-hybridized carbons (Fsp3) is 0.450. The third kappa shape index (κ3) is 3.72. The first-order valence-corrected chi connectivity index (χ1v) is 7.03. The molecular formula is C20H28N+. The first-order chi connectivity index (χ1) is 12.9. The van der Waals surface area contributed by atoms with Crippen LogP contribution in [0.3, 0.4) is 0 Å². The van der Waals surface area contributed by atoms with E-state index in [4.69, 9.17) is 11.0 Å². The second-order valence-electron chi connectivity index (χ2n) is 6.50. The molecule has 0 saturated heterocycles. The van der Waals surface area contributed by atoms with Crippen LogP contribution < -0.4 is 4.57 Å². The van der Waals surface area contributed by atoms with Crippen LogP contribution in [0.4, 0.5) is 0 Å². The number of benzene rings is 1. The fourth-order valence-electron chi connectivity index (χ4n) is 2.38. The molecule has 0 N–H and O–H groups in total. The number of aromatic nitrogens is 1. The molecule has 1 nitrogen and oxygen atoms in total. The summed E-state index contributed by atoms with van der Waals surface area (Å²) in [6.07, 6.45) is -0.440. The minimum atomic E-state index is -2.47. The second kappa shape index (κ2) is 5.63. The summed E-state index contributed by atoms with van der Waals surface area (Å²) in [5.74, 6) is 0. The third-order valence-electron chi connectivity index (χ3n) is 3.29. The molecule has 0 aliphatic heterocycles. The van der Waals surface area contributed by atoms with Gasteiger partial charge in [-0.25, -0.2) is 4.57 Å². The first kappa shape index (κ1) is 8.12. The van der Waals surface area contributed by atoms with Gasteiger partial charge in [0.2, 0.25) is 5.69 Å². The van der Waals surface area contributed by atoms with Crippen LogP contribution in [0.1, 0.15) is 54.0 Å². The summed E-state index contributed by atoms with van der Waals surface area (Å²) in [6.45, 7) is 2.31. The van der Waals surface area contributed by atoms with Crippen molar-refractivity contribution in [2.75, 3.05) is 0 Å². The fourth-order valence-corrected chi connectivity index (χ4v) is 2.38. The van der Waals surface area contributed by atoms with E-state index in [2.05, 4.69) is 0 Å². The van der Waals surface area contributed by atoms with E-state index in [9.17, 15) is 0 Å². The number of hydrogen-bond acceptors (Lipinski definition) is 0. The minimum Gasteiger partial charge on any atom is -0.201 e. The van der Waals surface area contributed by atoms with Gasteiger partial charge in [0.15, 0.2) is 6.20 Å². The quantitative estimate of drug-likeness (QED) is 0.706. The highest BCUT2D eigenvalue weighted by Gasteiger charge is 2.19. The molecule has 0 aliphatic carbocycles. The first-order valence-electron chi connectivity index (χ1n) is 11.0. The standard InChI is InChI=1S/C20H28N/c1-14-8-9-18(15(2)10-14)19-11-17(12-20(4,5)6)16(3)13-21(19)7/h8-11,13H,12H2,1-7H3/q+1/i1D3,3D3,12D2. The van der Waals surface area contributed by atoms with Gasteiger partial charge in [-0.15, -0.1) is 0 Å². The molecule has 0 spiro atoms. The Morgan fingerprint density at radius 1 is 1.14 bits per heavy atom. The molecule has 0 atom stereocenters. The van der Waals surface area contributed by atoms with Crippen LogP contribution in [0.2, 0.25) is 0 Å². The molecule has 2 aromatic rings. The maximum absolute atomic E-state index is 8.67. The zero-order valence-electron chi connectivity index (χ0n) is 21.3. The van der Waals surface area contributed by atoms with Crippen molar-refractivity contribution in [3.63, 3.8) is 0 Å².